The van der Waals surface area contributed by atoms with E-state index in [0.29, 0.717) is 6.04 Å². The Labute approximate surface area is 109 Å². The molecule has 1 aromatic rings. The summed E-state index contributed by atoms with van der Waals surface area (Å²) in [4.78, 5) is 6.81. The number of aryl methyl sites for hydroxylation is 1. The standard InChI is InChI=1S/C14H24N4/c15-12-9-13-3-4-14(10-12)18(13)7-2-1-6-17-8-5-16-11-17/h5,8,11-14H,1-4,6-7,9-10,15H2. The smallest absolute Gasteiger partial charge is 0.0945 e. The van der Waals surface area contributed by atoms with E-state index in [9.17, 15) is 0 Å². The summed E-state index contributed by atoms with van der Waals surface area (Å²) in [5, 5.41) is 0. The third-order valence-electron chi connectivity index (χ3n) is 4.56. The topological polar surface area (TPSA) is 47.1 Å². The molecule has 0 aromatic carbocycles. The molecule has 2 aliphatic rings. The number of fused-ring (bicyclic) bond motifs is 2. The largest absolute Gasteiger partial charge is 0.337 e. The molecule has 0 spiro atoms. The number of hydrogen-bond donors (Lipinski definition) is 1. The normalized spacial score (nSPS) is 31.9. The minimum absolute atomic E-state index is 0.463. The zero-order chi connectivity index (χ0) is 12.4. The van der Waals surface area contributed by atoms with Gasteiger partial charge in [-0.2, -0.15) is 0 Å². The third-order valence-corrected chi connectivity index (χ3v) is 4.56. The van der Waals surface area contributed by atoms with Gasteiger partial charge in [-0.1, -0.05) is 0 Å². The van der Waals surface area contributed by atoms with Crippen molar-refractivity contribution >= 4 is 0 Å². The number of rotatable bonds is 5. The Morgan fingerprint density at radius 3 is 2.50 bits per heavy atom. The Kier molecular flexibility index (Phi) is 3.66. The highest BCUT2D eigenvalue weighted by Gasteiger charge is 2.38. The van der Waals surface area contributed by atoms with Gasteiger partial charge in [-0.15, -0.1) is 0 Å². The summed E-state index contributed by atoms with van der Waals surface area (Å²) < 4.78 is 2.17. The molecule has 2 atom stereocenters. The van der Waals surface area contributed by atoms with Gasteiger partial charge in [-0.05, 0) is 45.1 Å². The average molecular weight is 248 g/mol. The quantitative estimate of drug-likeness (QED) is 0.805. The van der Waals surface area contributed by atoms with Gasteiger partial charge in [0, 0.05) is 37.1 Å². The Morgan fingerprint density at radius 2 is 1.83 bits per heavy atom. The number of aromatic nitrogens is 2. The first-order chi connectivity index (χ1) is 8.83. The molecule has 2 aliphatic heterocycles. The van der Waals surface area contributed by atoms with Crippen molar-refractivity contribution in [2.24, 2.45) is 5.73 Å². The lowest BCUT2D eigenvalue weighted by molar-refractivity contribution is 0.125. The van der Waals surface area contributed by atoms with Gasteiger partial charge in [-0.25, -0.2) is 4.98 Å². The minimum Gasteiger partial charge on any atom is -0.337 e. The third kappa shape index (κ3) is 2.59. The number of hydrogen-bond acceptors (Lipinski definition) is 3. The van der Waals surface area contributed by atoms with Gasteiger partial charge < -0.3 is 10.3 Å². The van der Waals surface area contributed by atoms with Crippen molar-refractivity contribution in [3.8, 4) is 0 Å². The molecular weight excluding hydrogens is 224 g/mol. The van der Waals surface area contributed by atoms with Crippen LogP contribution in [0.5, 0.6) is 0 Å². The lowest BCUT2D eigenvalue weighted by Gasteiger charge is -2.37. The maximum Gasteiger partial charge on any atom is 0.0945 e. The summed E-state index contributed by atoms with van der Waals surface area (Å²) >= 11 is 0. The van der Waals surface area contributed by atoms with E-state index >= 15 is 0 Å². The molecular formula is C14H24N4. The zero-order valence-electron chi connectivity index (χ0n) is 11.0. The first-order valence-electron chi connectivity index (χ1n) is 7.30. The van der Waals surface area contributed by atoms with Crippen LogP contribution in [0.3, 0.4) is 0 Å². The van der Waals surface area contributed by atoms with Crippen LogP contribution in [0.1, 0.15) is 38.5 Å². The predicted octanol–water partition coefficient (Wildman–Crippen LogP) is 1.62. The fourth-order valence-corrected chi connectivity index (χ4v) is 3.69. The Morgan fingerprint density at radius 1 is 1.11 bits per heavy atom. The van der Waals surface area contributed by atoms with Crippen molar-refractivity contribution in [1.82, 2.24) is 14.5 Å². The van der Waals surface area contributed by atoms with Crippen LogP contribution in [-0.4, -0.2) is 39.1 Å². The number of nitrogens with zero attached hydrogens (tertiary/aromatic N) is 3. The van der Waals surface area contributed by atoms with Crippen LogP contribution in [0.25, 0.3) is 0 Å². The fourth-order valence-electron chi connectivity index (χ4n) is 3.69. The monoisotopic (exact) mass is 248 g/mol. The molecule has 3 heterocycles. The second-order valence-electron chi connectivity index (χ2n) is 5.86. The molecule has 2 bridgehead atoms. The van der Waals surface area contributed by atoms with Crippen LogP contribution in [0.4, 0.5) is 0 Å². The summed E-state index contributed by atoms with van der Waals surface area (Å²) in [7, 11) is 0. The summed E-state index contributed by atoms with van der Waals surface area (Å²) in [5.74, 6) is 0. The molecule has 100 valence electrons. The highest BCUT2D eigenvalue weighted by molar-refractivity contribution is 4.96. The van der Waals surface area contributed by atoms with Crippen molar-refractivity contribution in [1.29, 1.82) is 0 Å². The molecule has 4 nitrogen and oxygen atoms in total. The summed E-state index contributed by atoms with van der Waals surface area (Å²) in [5.41, 5.74) is 6.10. The maximum atomic E-state index is 6.10. The maximum absolute atomic E-state index is 6.10. The van der Waals surface area contributed by atoms with E-state index in [-0.39, 0.29) is 0 Å². The summed E-state index contributed by atoms with van der Waals surface area (Å²) in [6.07, 6.45) is 13.5. The zero-order valence-corrected chi connectivity index (χ0v) is 11.0. The number of piperidine rings is 1. The van der Waals surface area contributed by atoms with Gasteiger partial charge >= 0.3 is 0 Å². The Balaban J connectivity index is 1.41. The highest BCUT2D eigenvalue weighted by atomic mass is 15.2. The molecule has 0 radical (unpaired) electrons. The van der Waals surface area contributed by atoms with E-state index < -0.39 is 0 Å². The molecule has 0 saturated carbocycles. The highest BCUT2D eigenvalue weighted by Crippen LogP contribution is 2.35. The second kappa shape index (κ2) is 5.41. The van der Waals surface area contributed by atoms with Crippen LogP contribution in [0.15, 0.2) is 18.7 Å². The van der Waals surface area contributed by atoms with Gasteiger partial charge in [0.15, 0.2) is 0 Å². The first-order valence-corrected chi connectivity index (χ1v) is 7.30. The van der Waals surface area contributed by atoms with Gasteiger partial charge in [0.05, 0.1) is 6.33 Å². The molecule has 2 N–H and O–H groups in total. The van der Waals surface area contributed by atoms with Crippen molar-refractivity contribution in [3.05, 3.63) is 18.7 Å². The lowest BCUT2D eigenvalue weighted by Crippen LogP contribution is -2.47. The second-order valence-corrected chi connectivity index (χ2v) is 5.86. The van der Waals surface area contributed by atoms with Crippen LogP contribution < -0.4 is 5.73 Å². The minimum atomic E-state index is 0.463. The Bertz CT molecular complexity index is 348. The molecule has 0 aliphatic carbocycles. The summed E-state index contributed by atoms with van der Waals surface area (Å²) in [6.45, 7) is 2.36. The lowest BCUT2D eigenvalue weighted by atomic mass is 9.98. The molecule has 4 heteroatoms. The molecule has 18 heavy (non-hydrogen) atoms. The molecule has 2 fully saturated rings. The first kappa shape index (κ1) is 12.2. The SMILES string of the molecule is NC1CC2CCC(C1)N2CCCCn1ccnc1. The van der Waals surface area contributed by atoms with E-state index in [1.165, 1.54) is 45.1 Å². The summed E-state index contributed by atoms with van der Waals surface area (Å²) in [6, 6.07) is 2.03. The van der Waals surface area contributed by atoms with Crippen LogP contribution in [0.2, 0.25) is 0 Å². The van der Waals surface area contributed by atoms with Crippen molar-refractivity contribution < 1.29 is 0 Å². The van der Waals surface area contributed by atoms with Crippen LogP contribution in [0, 0.1) is 0 Å². The number of unbranched alkanes of at least 4 members (excludes halogenated alkanes) is 1. The number of nitrogens with two attached hydrogens (primary N) is 1. The van der Waals surface area contributed by atoms with E-state index in [4.69, 9.17) is 5.73 Å². The van der Waals surface area contributed by atoms with Gasteiger partial charge in [0.25, 0.3) is 0 Å². The predicted molar refractivity (Wildman–Crippen MR) is 72.2 cm³/mol. The van der Waals surface area contributed by atoms with E-state index in [0.717, 1.165) is 18.6 Å². The fraction of sp³-hybridized carbons (Fsp3) is 0.786. The Hall–Kier alpha value is -0.870. The van der Waals surface area contributed by atoms with Gasteiger partial charge in [-0.3, -0.25) is 4.90 Å². The van der Waals surface area contributed by atoms with Crippen molar-refractivity contribution in [2.75, 3.05) is 6.54 Å². The number of imidazole rings is 1. The van der Waals surface area contributed by atoms with Gasteiger partial charge in [0.1, 0.15) is 0 Å². The van der Waals surface area contributed by atoms with Crippen molar-refractivity contribution in [3.63, 3.8) is 0 Å². The average Bonchev–Trinajstić information content (AvgIpc) is 2.93. The molecule has 2 saturated heterocycles. The molecule has 1 aromatic heterocycles. The molecule has 2 unspecified atom stereocenters. The van der Waals surface area contributed by atoms with Gasteiger partial charge in [0.2, 0.25) is 0 Å². The molecule has 3 rings (SSSR count). The van der Waals surface area contributed by atoms with Crippen LogP contribution in [-0.2, 0) is 6.54 Å². The van der Waals surface area contributed by atoms with Crippen LogP contribution >= 0.6 is 0 Å². The molecule has 0 amide bonds. The van der Waals surface area contributed by atoms with Crippen molar-refractivity contribution in [2.45, 2.75) is 63.2 Å². The van der Waals surface area contributed by atoms with E-state index in [1.807, 2.05) is 18.7 Å². The van der Waals surface area contributed by atoms with E-state index in [2.05, 4.69) is 14.5 Å². The van der Waals surface area contributed by atoms with E-state index in [1.54, 1.807) is 0 Å².